The zero-order chi connectivity index (χ0) is 13.8. The Morgan fingerprint density at radius 3 is 2.84 bits per heavy atom. The van der Waals surface area contributed by atoms with E-state index >= 15 is 0 Å². The lowest BCUT2D eigenvalue weighted by atomic mass is 9.93. The van der Waals surface area contributed by atoms with Gasteiger partial charge in [-0.2, -0.15) is 0 Å². The van der Waals surface area contributed by atoms with Crippen LogP contribution in [0.25, 0.3) is 0 Å². The highest BCUT2D eigenvalue weighted by atomic mass is 16.5. The molecule has 1 saturated carbocycles. The Balaban J connectivity index is 2.08. The molecule has 0 bridgehead atoms. The van der Waals surface area contributed by atoms with E-state index in [0.717, 1.165) is 19.3 Å². The summed E-state index contributed by atoms with van der Waals surface area (Å²) in [5.41, 5.74) is 6.45. The number of aromatic nitrogens is 1. The van der Waals surface area contributed by atoms with E-state index in [4.69, 9.17) is 10.5 Å². The molecule has 2 rings (SSSR count). The number of carbonyl (C=O) groups excluding carboxylic acids is 1. The smallest absolute Gasteiger partial charge is 0.272 e. The summed E-state index contributed by atoms with van der Waals surface area (Å²) in [4.78, 5) is 17.4. The van der Waals surface area contributed by atoms with Gasteiger partial charge in [-0.25, -0.2) is 0 Å². The SMILES string of the molecule is CN(C)C(=O)c1cc(OC2CCCCC2N)ccn1. The van der Waals surface area contributed by atoms with E-state index in [1.807, 2.05) is 0 Å². The zero-order valence-electron chi connectivity index (χ0n) is 11.5. The molecule has 5 nitrogen and oxygen atoms in total. The molecular weight excluding hydrogens is 242 g/mol. The molecule has 0 spiro atoms. The standard InChI is InChI=1S/C14H21N3O2/c1-17(2)14(18)12-9-10(7-8-16-12)19-13-6-4-3-5-11(13)15/h7-9,11,13H,3-6,15H2,1-2H3. The lowest BCUT2D eigenvalue weighted by Crippen LogP contribution is -2.41. The Morgan fingerprint density at radius 2 is 2.16 bits per heavy atom. The number of carbonyl (C=O) groups is 1. The van der Waals surface area contributed by atoms with Crippen molar-refractivity contribution in [2.75, 3.05) is 14.1 Å². The van der Waals surface area contributed by atoms with Crippen LogP contribution in [-0.4, -0.2) is 42.0 Å². The number of amides is 1. The second kappa shape index (κ2) is 6.02. The van der Waals surface area contributed by atoms with Gasteiger partial charge in [-0.1, -0.05) is 6.42 Å². The summed E-state index contributed by atoms with van der Waals surface area (Å²) in [6.45, 7) is 0. The van der Waals surface area contributed by atoms with Crippen molar-refractivity contribution in [2.24, 2.45) is 5.73 Å². The van der Waals surface area contributed by atoms with Crippen LogP contribution in [0.15, 0.2) is 18.3 Å². The van der Waals surface area contributed by atoms with Crippen LogP contribution >= 0.6 is 0 Å². The largest absolute Gasteiger partial charge is 0.489 e. The monoisotopic (exact) mass is 263 g/mol. The third kappa shape index (κ3) is 3.44. The number of ether oxygens (including phenoxy) is 1. The summed E-state index contributed by atoms with van der Waals surface area (Å²) in [6, 6.07) is 3.53. The normalized spacial score (nSPS) is 22.9. The summed E-state index contributed by atoms with van der Waals surface area (Å²) in [7, 11) is 3.41. The molecule has 1 heterocycles. The van der Waals surface area contributed by atoms with E-state index in [-0.39, 0.29) is 18.1 Å². The lowest BCUT2D eigenvalue weighted by molar-refractivity contribution is 0.0820. The average Bonchev–Trinajstić information content (AvgIpc) is 2.41. The highest BCUT2D eigenvalue weighted by Crippen LogP contribution is 2.23. The van der Waals surface area contributed by atoms with Crippen molar-refractivity contribution in [3.63, 3.8) is 0 Å². The summed E-state index contributed by atoms with van der Waals surface area (Å²) in [5, 5.41) is 0. The Kier molecular flexibility index (Phi) is 4.37. The van der Waals surface area contributed by atoms with E-state index in [1.165, 1.54) is 11.3 Å². The second-order valence-corrected chi connectivity index (χ2v) is 5.18. The van der Waals surface area contributed by atoms with Gasteiger partial charge >= 0.3 is 0 Å². The molecular formula is C14H21N3O2. The maximum atomic E-state index is 11.8. The Hall–Kier alpha value is -1.62. The highest BCUT2D eigenvalue weighted by molar-refractivity contribution is 5.92. The van der Waals surface area contributed by atoms with E-state index in [0.29, 0.717) is 11.4 Å². The van der Waals surface area contributed by atoms with Crippen molar-refractivity contribution in [3.8, 4) is 5.75 Å². The number of pyridine rings is 1. The maximum Gasteiger partial charge on any atom is 0.272 e. The summed E-state index contributed by atoms with van der Waals surface area (Å²) >= 11 is 0. The predicted octanol–water partition coefficient (Wildman–Crippen LogP) is 1.43. The van der Waals surface area contributed by atoms with Crippen molar-refractivity contribution in [2.45, 2.75) is 37.8 Å². The summed E-state index contributed by atoms with van der Waals surface area (Å²) in [5.74, 6) is 0.543. The summed E-state index contributed by atoms with van der Waals surface area (Å²) in [6.07, 6.45) is 5.92. The van der Waals surface area contributed by atoms with Crippen LogP contribution in [0.2, 0.25) is 0 Å². The topological polar surface area (TPSA) is 68.5 Å². The van der Waals surface area contributed by atoms with Crippen LogP contribution in [-0.2, 0) is 0 Å². The van der Waals surface area contributed by atoms with E-state index in [1.54, 1.807) is 32.4 Å². The molecule has 1 fully saturated rings. The van der Waals surface area contributed by atoms with Gasteiger partial charge in [0, 0.05) is 32.4 Å². The van der Waals surface area contributed by atoms with E-state index in [9.17, 15) is 4.79 Å². The third-order valence-electron chi connectivity index (χ3n) is 3.40. The Bertz CT molecular complexity index is 448. The minimum atomic E-state index is -0.126. The molecule has 0 saturated heterocycles. The molecule has 0 aliphatic heterocycles. The molecule has 0 radical (unpaired) electrons. The maximum absolute atomic E-state index is 11.8. The average molecular weight is 263 g/mol. The van der Waals surface area contributed by atoms with Crippen LogP contribution in [0.5, 0.6) is 5.75 Å². The van der Waals surface area contributed by atoms with E-state index in [2.05, 4.69) is 4.98 Å². The van der Waals surface area contributed by atoms with Gasteiger partial charge in [-0.05, 0) is 25.3 Å². The number of nitrogens with two attached hydrogens (primary N) is 1. The molecule has 0 aromatic carbocycles. The Labute approximate surface area is 113 Å². The van der Waals surface area contributed by atoms with Crippen LogP contribution in [0, 0.1) is 0 Å². The predicted molar refractivity (Wildman–Crippen MR) is 73.1 cm³/mol. The van der Waals surface area contributed by atoms with Crippen molar-refractivity contribution in [1.29, 1.82) is 0 Å². The number of hydrogen-bond acceptors (Lipinski definition) is 4. The molecule has 104 valence electrons. The fourth-order valence-corrected chi connectivity index (χ4v) is 2.28. The van der Waals surface area contributed by atoms with Gasteiger partial charge in [0.1, 0.15) is 17.5 Å². The number of hydrogen-bond donors (Lipinski definition) is 1. The molecule has 19 heavy (non-hydrogen) atoms. The van der Waals surface area contributed by atoms with Gasteiger partial charge in [-0.3, -0.25) is 9.78 Å². The molecule has 1 aromatic rings. The first-order valence-electron chi connectivity index (χ1n) is 6.68. The minimum Gasteiger partial charge on any atom is -0.489 e. The fourth-order valence-electron chi connectivity index (χ4n) is 2.28. The van der Waals surface area contributed by atoms with Gasteiger partial charge in [0.05, 0.1) is 0 Å². The molecule has 2 atom stereocenters. The molecule has 5 heteroatoms. The summed E-state index contributed by atoms with van der Waals surface area (Å²) < 4.78 is 5.90. The van der Waals surface area contributed by atoms with Gasteiger partial charge in [0.2, 0.25) is 0 Å². The molecule has 1 amide bonds. The van der Waals surface area contributed by atoms with Crippen LogP contribution in [0.1, 0.15) is 36.2 Å². The number of rotatable bonds is 3. The molecule has 2 unspecified atom stereocenters. The fraction of sp³-hybridized carbons (Fsp3) is 0.571. The van der Waals surface area contributed by atoms with Crippen molar-refractivity contribution in [3.05, 3.63) is 24.0 Å². The first kappa shape index (κ1) is 13.8. The van der Waals surface area contributed by atoms with Gasteiger partial charge in [-0.15, -0.1) is 0 Å². The molecule has 1 aliphatic rings. The van der Waals surface area contributed by atoms with Gasteiger partial charge in [0.15, 0.2) is 0 Å². The first-order chi connectivity index (χ1) is 9.08. The van der Waals surface area contributed by atoms with Crippen LogP contribution < -0.4 is 10.5 Å². The van der Waals surface area contributed by atoms with E-state index < -0.39 is 0 Å². The quantitative estimate of drug-likeness (QED) is 0.895. The number of nitrogens with zero attached hydrogens (tertiary/aromatic N) is 2. The van der Waals surface area contributed by atoms with Gasteiger partial charge in [0.25, 0.3) is 5.91 Å². The van der Waals surface area contributed by atoms with Crippen molar-refractivity contribution < 1.29 is 9.53 Å². The third-order valence-corrected chi connectivity index (χ3v) is 3.40. The van der Waals surface area contributed by atoms with Crippen molar-refractivity contribution in [1.82, 2.24) is 9.88 Å². The zero-order valence-corrected chi connectivity index (χ0v) is 11.5. The highest BCUT2D eigenvalue weighted by Gasteiger charge is 2.23. The van der Waals surface area contributed by atoms with Crippen molar-refractivity contribution >= 4 is 5.91 Å². The lowest BCUT2D eigenvalue weighted by Gasteiger charge is -2.29. The first-order valence-corrected chi connectivity index (χ1v) is 6.68. The van der Waals surface area contributed by atoms with Gasteiger partial charge < -0.3 is 15.4 Å². The minimum absolute atomic E-state index is 0.0402. The molecule has 2 N–H and O–H groups in total. The Morgan fingerprint density at radius 1 is 1.42 bits per heavy atom. The van der Waals surface area contributed by atoms with Crippen LogP contribution in [0.3, 0.4) is 0 Å². The molecule has 1 aromatic heterocycles. The second-order valence-electron chi connectivity index (χ2n) is 5.18. The molecule has 1 aliphatic carbocycles. The van der Waals surface area contributed by atoms with Crippen LogP contribution in [0.4, 0.5) is 0 Å².